The van der Waals surface area contributed by atoms with Gasteiger partial charge in [-0.1, -0.05) is 66.6 Å². The molecule has 6 nitrogen and oxygen atoms in total. The third-order valence-corrected chi connectivity index (χ3v) is 6.39. The average Bonchev–Trinajstić information content (AvgIpc) is 2.96. The van der Waals surface area contributed by atoms with Crippen LogP contribution in [0, 0.1) is 6.92 Å². The molecule has 2 aromatic carbocycles. The van der Waals surface area contributed by atoms with Gasteiger partial charge in [0, 0.05) is 17.1 Å². The summed E-state index contributed by atoms with van der Waals surface area (Å²) < 4.78 is 27.8. The Hall–Kier alpha value is -2.64. The molecular weight excluding hydrogens is 410 g/mol. The fourth-order valence-corrected chi connectivity index (χ4v) is 4.80. The number of amides is 1. The molecular formula is C21H22ClN3O3S. The predicted molar refractivity (Wildman–Crippen MR) is 116 cm³/mol. The second-order valence-electron chi connectivity index (χ2n) is 6.67. The highest BCUT2D eigenvalue weighted by Gasteiger charge is 2.34. The molecule has 0 aromatic heterocycles. The molecule has 1 aliphatic rings. The number of rotatable bonds is 6. The van der Waals surface area contributed by atoms with Gasteiger partial charge in [0.05, 0.1) is 0 Å². The zero-order chi connectivity index (χ0) is 21.0. The molecule has 0 radical (unpaired) electrons. The van der Waals surface area contributed by atoms with E-state index in [0.717, 1.165) is 11.1 Å². The second-order valence-corrected chi connectivity index (χ2v) is 8.69. The molecule has 0 aliphatic carbocycles. The van der Waals surface area contributed by atoms with Gasteiger partial charge < -0.3 is 5.32 Å². The number of carbonyl (C=O) groups is 1. The van der Waals surface area contributed by atoms with Crippen LogP contribution in [-0.4, -0.2) is 26.7 Å². The number of carbonyl (C=O) groups excluding carboxylic acids is 1. The molecule has 1 aliphatic heterocycles. The summed E-state index contributed by atoms with van der Waals surface area (Å²) in [5.74, 6) is -0.105. The lowest BCUT2D eigenvalue weighted by Gasteiger charge is -2.06. The molecule has 3 rings (SSSR count). The number of sulfonamides is 1. The fraction of sp³-hybridized carbons (Fsp3) is 0.238. The zero-order valence-electron chi connectivity index (χ0n) is 16.2. The SMILES string of the molecule is CCC1=C(c2ccc(C)cc2)S(=O)(=O)NC1=NCC(=O)NCc1ccccc1Cl. The highest BCUT2D eigenvalue weighted by atomic mass is 35.5. The van der Waals surface area contributed by atoms with Crippen LogP contribution in [0.4, 0.5) is 0 Å². The zero-order valence-corrected chi connectivity index (χ0v) is 17.8. The number of nitrogens with zero attached hydrogens (tertiary/aromatic N) is 1. The Bertz CT molecular complexity index is 1090. The first-order valence-electron chi connectivity index (χ1n) is 9.19. The van der Waals surface area contributed by atoms with E-state index in [1.54, 1.807) is 18.2 Å². The predicted octanol–water partition coefficient (Wildman–Crippen LogP) is 3.42. The van der Waals surface area contributed by atoms with E-state index in [9.17, 15) is 13.2 Å². The number of aliphatic imine (C=N–C) groups is 1. The van der Waals surface area contributed by atoms with Gasteiger partial charge in [0.1, 0.15) is 17.3 Å². The van der Waals surface area contributed by atoms with Crippen molar-refractivity contribution in [1.29, 1.82) is 0 Å². The summed E-state index contributed by atoms with van der Waals surface area (Å²) in [7, 11) is -3.72. The molecule has 0 fully saturated rings. The third kappa shape index (κ3) is 4.86. The number of nitrogens with one attached hydrogen (secondary N) is 2. The van der Waals surface area contributed by atoms with E-state index >= 15 is 0 Å². The molecule has 0 unspecified atom stereocenters. The molecule has 0 saturated carbocycles. The first-order valence-corrected chi connectivity index (χ1v) is 11.1. The summed E-state index contributed by atoms with van der Waals surface area (Å²) in [6.45, 7) is 3.89. The first-order chi connectivity index (χ1) is 13.8. The largest absolute Gasteiger partial charge is 0.350 e. The van der Waals surface area contributed by atoms with E-state index in [1.807, 2.05) is 44.2 Å². The summed E-state index contributed by atoms with van der Waals surface area (Å²) in [5, 5.41) is 3.31. The van der Waals surface area contributed by atoms with Crippen LogP contribution in [0.2, 0.25) is 5.02 Å². The second kappa shape index (κ2) is 8.80. The lowest BCUT2D eigenvalue weighted by Crippen LogP contribution is -2.28. The molecule has 1 heterocycles. The minimum Gasteiger partial charge on any atom is -0.350 e. The van der Waals surface area contributed by atoms with Gasteiger partial charge >= 0.3 is 0 Å². The number of halogens is 1. The average molecular weight is 432 g/mol. The van der Waals surface area contributed by atoms with Gasteiger partial charge in [0.15, 0.2) is 0 Å². The Morgan fingerprint density at radius 2 is 1.83 bits per heavy atom. The standard InChI is InChI=1S/C21H22ClN3O3S/c1-3-17-20(15-10-8-14(2)9-11-15)29(27,28)25-21(17)24-13-19(26)23-12-16-6-4-5-7-18(16)22/h4-11H,3,12-13H2,1-2H3,(H,23,26)(H,24,25). The van der Waals surface area contributed by atoms with Crippen molar-refractivity contribution >= 4 is 38.3 Å². The minimum atomic E-state index is -3.72. The third-order valence-electron chi connectivity index (χ3n) is 4.54. The minimum absolute atomic E-state index is 0.188. The molecule has 0 spiro atoms. The molecule has 0 saturated heterocycles. The van der Waals surface area contributed by atoms with Gasteiger partial charge in [-0.15, -0.1) is 0 Å². The number of hydrogen-bond donors (Lipinski definition) is 2. The lowest BCUT2D eigenvalue weighted by molar-refractivity contribution is -0.119. The van der Waals surface area contributed by atoms with Crippen molar-refractivity contribution in [3.05, 3.63) is 75.8 Å². The fourth-order valence-electron chi connectivity index (χ4n) is 3.04. The van der Waals surface area contributed by atoms with Gasteiger partial charge in [0.25, 0.3) is 10.0 Å². The van der Waals surface area contributed by atoms with Crippen LogP contribution in [0.15, 0.2) is 59.1 Å². The van der Waals surface area contributed by atoms with Crippen molar-refractivity contribution in [2.24, 2.45) is 4.99 Å². The lowest BCUT2D eigenvalue weighted by atomic mass is 10.1. The van der Waals surface area contributed by atoms with E-state index in [0.29, 0.717) is 22.6 Å². The smallest absolute Gasteiger partial charge is 0.264 e. The molecule has 0 atom stereocenters. The van der Waals surface area contributed by atoms with E-state index < -0.39 is 10.0 Å². The van der Waals surface area contributed by atoms with Gasteiger partial charge in [-0.25, -0.2) is 8.42 Å². The van der Waals surface area contributed by atoms with Crippen molar-refractivity contribution in [3.63, 3.8) is 0 Å². The van der Waals surface area contributed by atoms with Crippen LogP contribution >= 0.6 is 11.6 Å². The van der Waals surface area contributed by atoms with Crippen molar-refractivity contribution in [2.75, 3.05) is 6.54 Å². The van der Waals surface area contributed by atoms with Crippen LogP contribution in [0.5, 0.6) is 0 Å². The number of hydrogen-bond acceptors (Lipinski definition) is 4. The maximum atomic E-state index is 12.7. The van der Waals surface area contributed by atoms with E-state index in [1.165, 1.54) is 0 Å². The van der Waals surface area contributed by atoms with Crippen LogP contribution < -0.4 is 10.0 Å². The van der Waals surface area contributed by atoms with Crippen molar-refractivity contribution in [3.8, 4) is 0 Å². The maximum Gasteiger partial charge on any atom is 0.264 e. The van der Waals surface area contributed by atoms with Crippen molar-refractivity contribution in [2.45, 2.75) is 26.8 Å². The van der Waals surface area contributed by atoms with E-state index in [-0.39, 0.29) is 29.7 Å². The van der Waals surface area contributed by atoms with Crippen LogP contribution in [-0.2, 0) is 21.4 Å². The summed E-state index contributed by atoms with van der Waals surface area (Å²) in [4.78, 5) is 16.6. The molecule has 152 valence electrons. The van der Waals surface area contributed by atoms with Crippen LogP contribution in [0.25, 0.3) is 4.91 Å². The summed E-state index contributed by atoms with van der Waals surface area (Å²) >= 11 is 6.08. The molecule has 29 heavy (non-hydrogen) atoms. The van der Waals surface area contributed by atoms with Crippen molar-refractivity contribution in [1.82, 2.24) is 10.0 Å². The molecule has 0 bridgehead atoms. The van der Waals surface area contributed by atoms with Gasteiger partial charge in [0.2, 0.25) is 5.91 Å². The Labute approximate surface area is 175 Å². The Balaban J connectivity index is 1.77. The van der Waals surface area contributed by atoms with E-state index in [2.05, 4.69) is 15.0 Å². The topological polar surface area (TPSA) is 87.6 Å². The molecule has 2 N–H and O–H groups in total. The quantitative estimate of drug-likeness (QED) is 0.734. The first kappa shape index (κ1) is 21.1. The number of aryl methyl sites for hydroxylation is 1. The van der Waals surface area contributed by atoms with Gasteiger partial charge in [-0.3, -0.25) is 14.5 Å². The van der Waals surface area contributed by atoms with Crippen LogP contribution in [0.3, 0.4) is 0 Å². The molecule has 1 amide bonds. The summed E-state index contributed by atoms with van der Waals surface area (Å²) in [6.07, 6.45) is 0.468. The van der Waals surface area contributed by atoms with Crippen LogP contribution in [0.1, 0.15) is 30.0 Å². The maximum absolute atomic E-state index is 12.7. The van der Waals surface area contributed by atoms with Gasteiger partial charge in [-0.05, 0) is 30.5 Å². The molecule has 8 heteroatoms. The van der Waals surface area contributed by atoms with E-state index in [4.69, 9.17) is 11.6 Å². The molecule has 2 aromatic rings. The highest BCUT2D eigenvalue weighted by molar-refractivity contribution is 8.00. The Kier molecular flexibility index (Phi) is 6.39. The Morgan fingerprint density at radius 1 is 1.14 bits per heavy atom. The van der Waals surface area contributed by atoms with Gasteiger partial charge in [-0.2, -0.15) is 0 Å². The highest BCUT2D eigenvalue weighted by Crippen LogP contribution is 2.31. The normalized spacial score (nSPS) is 16.7. The van der Waals surface area contributed by atoms with Crippen molar-refractivity contribution < 1.29 is 13.2 Å². The monoisotopic (exact) mass is 431 g/mol. The number of amidine groups is 1. The number of benzene rings is 2. The summed E-state index contributed by atoms with van der Waals surface area (Å²) in [6, 6.07) is 14.5. The Morgan fingerprint density at radius 3 is 2.48 bits per heavy atom. The summed E-state index contributed by atoms with van der Waals surface area (Å²) in [5.41, 5.74) is 3.02.